The van der Waals surface area contributed by atoms with Gasteiger partial charge in [0.05, 0.1) is 5.56 Å². The SMILES string of the molecule is CCC1CC1NCC(O)COc1ccccc1C#N. The standard InChI is InChI=1S/C15H20N2O2/c1-2-11-7-14(11)17-9-13(18)10-19-15-6-4-3-5-12(15)8-16/h3-6,11,13-14,17-18H,2,7,9-10H2,1H3. The maximum atomic E-state index is 9.84. The number of nitrogens with one attached hydrogen (secondary N) is 1. The van der Waals surface area contributed by atoms with Crippen molar-refractivity contribution in [3.63, 3.8) is 0 Å². The molecule has 0 radical (unpaired) electrons. The molecule has 2 N–H and O–H groups in total. The fourth-order valence-electron chi connectivity index (χ4n) is 2.17. The molecule has 19 heavy (non-hydrogen) atoms. The highest BCUT2D eigenvalue weighted by Crippen LogP contribution is 2.32. The van der Waals surface area contributed by atoms with E-state index in [1.165, 1.54) is 12.8 Å². The molecule has 4 heteroatoms. The van der Waals surface area contributed by atoms with Crippen LogP contribution in [0, 0.1) is 17.2 Å². The Morgan fingerprint density at radius 2 is 2.32 bits per heavy atom. The van der Waals surface area contributed by atoms with Crippen molar-refractivity contribution in [2.45, 2.75) is 31.9 Å². The lowest BCUT2D eigenvalue weighted by molar-refractivity contribution is 0.105. The van der Waals surface area contributed by atoms with E-state index in [1.54, 1.807) is 18.2 Å². The molecule has 0 aliphatic heterocycles. The summed E-state index contributed by atoms with van der Waals surface area (Å²) in [6, 6.07) is 9.69. The summed E-state index contributed by atoms with van der Waals surface area (Å²) in [5, 5.41) is 22.1. The fourth-order valence-corrected chi connectivity index (χ4v) is 2.17. The maximum Gasteiger partial charge on any atom is 0.137 e. The number of aliphatic hydroxyl groups is 1. The molecule has 1 aromatic rings. The quantitative estimate of drug-likeness (QED) is 0.783. The van der Waals surface area contributed by atoms with Crippen LogP contribution in [0.4, 0.5) is 0 Å². The van der Waals surface area contributed by atoms with Crippen LogP contribution < -0.4 is 10.1 Å². The van der Waals surface area contributed by atoms with E-state index in [2.05, 4.69) is 18.3 Å². The molecule has 0 saturated heterocycles. The molecule has 1 saturated carbocycles. The van der Waals surface area contributed by atoms with Gasteiger partial charge < -0.3 is 15.2 Å². The molecule has 102 valence electrons. The summed E-state index contributed by atoms with van der Waals surface area (Å²) < 4.78 is 5.48. The second-order valence-corrected chi connectivity index (χ2v) is 4.99. The summed E-state index contributed by atoms with van der Waals surface area (Å²) in [5.74, 6) is 1.30. The van der Waals surface area contributed by atoms with Gasteiger partial charge in [0.2, 0.25) is 0 Å². The second-order valence-electron chi connectivity index (χ2n) is 4.99. The van der Waals surface area contributed by atoms with Crippen molar-refractivity contribution in [2.24, 2.45) is 5.92 Å². The molecule has 1 aliphatic rings. The first kappa shape index (κ1) is 13.9. The van der Waals surface area contributed by atoms with Gasteiger partial charge >= 0.3 is 0 Å². The molecule has 3 unspecified atom stereocenters. The Balaban J connectivity index is 1.71. The molecule has 4 nitrogen and oxygen atoms in total. The van der Waals surface area contributed by atoms with E-state index in [1.807, 2.05) is 6.07 Å². The van der Waals surface area contributed by atoms with Crippen LogP contribution in [0.1, 0.15) is 25.3 Å². The van der Waals surface area contributed by atoms with Crippen LogP contribution >= 0.6 is 0 Å². The molecule has 0 spiro atoms. The number of para-hydroxylation sites is 1. The molecule has 2 rings (SSSR count). The van der Waals surface area contributed by atoms with Crippen molar-refractivity contribution in [2.75, 3.05) is 13.2 Å². The van der Waals surface area contributed by atoms with Gasteiger partial charge in [-0.2, -0.15) is 5.26 Å². The Kier molecular flexibility index (Phi) is 4.78. The van der Waals surface area contributed by atoms with Gasteiger partial charge in [0, 0.05) is 12.6 Å². The van der Waals surface area contributed by atoms with Gasteiger partial charge in [-0.15, -0.1) is 0 Å². The van der Waals surface area contributed by atoms with Gasteiger partial charge in [0.1, 0.15) is 24.5 Å². The molecule has 0 heterocycles. The predicted octanol–water partition coefficient (Wildman–Crippen LogP) is 1.69. The van der Waals surface area contributed by atoms with Gasteiger partial charge in [-0.1, -0.05) is 25.5 Å². The number of hydrogen-bond acceptors (Lipinski definition) is 4. The molecule has 1 aromatic carbocycles. The molecule has 0 aromatic heterocycles. The first-order valence-electron chi connectivity index (χ1n) is 6.78. The highest BCUT2D eigenvalue weighted by atomic mass is 16.5. The van der Waals surface area contributed by atoms with E-state index in [-0.39, 0.29) is 6.61 Å². The van der Waals surface area contributed by atoms with Gasteiger partial charge in [0.15, 0.2) is 0 Å². The Morgan fingerprint density at radius 3 is 3.00 bits per heavy atom. The van der Waals surface area contributed by atoms with E-state index in [9.17, 15) is 5.11 Å². The second kappa shape index (κ2) is 6.55. The van der Waals surface area contributed by atoms with Gasteiger partial charge in [0.25, 0.3) is 0 Å². The summed E-state index contributed by atoms with van der Waals surface area (Å²) in [6.07, 6.45) is 1.85. The van der Waals surface area contributed by atoms with Crippen LogP contribution in [0.25, 0.3) is 0 Å². The van der Waals surface area contributed by atoms with Crippen LogP contribution in [0.3, 0.4) is 0 Å². The number of ether oxygens (including phenoxy) is 1. The third-order valence-electron chi connectivity index (χ3n) is 3.50. The van der Waals surface area contributed by atoms with E-state index >= 15 is 0 Å². The third kappa shape index (κ3) is 3.95. The molecule has 0 bridgehead atoms. The Morgan fingerprint density at radius 1 is 1.53 bits per heavy atom. The lowest BCUT2D eigenvalue weighted by Crippen LogP contribution is -2.33. The normalized spacial score (nSPS) is 22.6. The molecule has 0 amide bonds. The first-order valence-corrected chi connectivity index (χ1v) is 6.78. The van der Waals surface area contributed by atoms with Crippen molar-refractivity contribution >= 4 is 0 Å². The van der Waals surface area contributed by atoms with Gasteiger partial charge in [-0.25, -0.2) is 0 Å². The fraction of sp³-hybridized carbons (Fsp3) is 0.533. The van der Waals surface area contributed by atoms with Crippen molar-refractivity contribution in [1.82, 2.24) is 5.32 Å². The molecular formula is C15H20N2O2. The van der Waals surface area contributed by atoms with Gasteiger partial charge in [-0.05, 0) is 24.5 Å². The highest BCUT2D eigenvalue weighted by Gasteiger charge is 2.34. The number of aliphatic hydroxyl groups excluding tert-OH is 1. The minimum atomic E-state index is -0.551. The summed E-state index contributed by atoms with van der Waals surface area (Å²) in [6.45, 7) is 2.93. The number of nitrogens with zero attached hydrogens (tertiary/aromatic N) is 1. The zero-order valence-electron chi connectivity index (χ0n) is 11.2. The van der Waals surface area contributed by atoms with Gasteiger partial charge in [-0.3, -0.25) is 0 Å². The average Bonchev–Trinajstić information content (AvgIpc) is 3.22. The molecule has 1 fully saturated rings. The Bertz CT molecular complexity index is 456. The highest BCUT2D eigenvalue weighted by molar-refractivity contribution is 5.42. The smallest absolute Gasteiger partial charge is 0.137 e. The number of rotatable bonds is 7. The molecular weight excluding hydrogens is 240 g/mol. The van der Waals surface area contributed by atoms with Crippen molar-refractivity contribution in [3.05, 3.63) is 29.8 Å². The summed E-state index contributed by atoms with van der Waals surface area (Å²) in [7, 11) is 0. The van der Waals surface area contributed by atoms with E-state index in [4.69, 9.17) is 10.00 Å². The zero-order chi connectivity index (χ0) is 13.7. The summed E-state index contributed by atoms with van der Waals surface area (Å²) >= 11 is 0. The Hall–Kier alpha value is -1.57. The minimum absolute atomic E-state index is 0.204. The van der Waals surface area contributed by atoms with Crippen molar-refractivity contribution in [1.29, 1.82) is 5.26 Å². The van der Waals surface area contributed by atoms with E-state index in [0.29, 0.717) is 23.9 Å². The van der Waals surface area contributed by atoms with Crippen molar-refractivity contribution < 1.29 is 9.84 Å². The van der Waals surface area contributed by atoms with E-state index < -0.39 is 6.10 Å². The maximum absolute atomic E-state index is 9.84. The summed E-state index contributed by atoms with van der Waals surface area (Å²) in [4.78, 5) is 0. The number of hydrogen-bond donors (Lipinski definition) is 2. The van der Waals surface area contributed by atoms with Crippen LogP contribution in [0.5, 0.6) is 5.75 Å². The van der Waals surface area contributed by atoms with Crippen molar-refractivity contribution in [3.8, 4) is 11.8 Å². The van der Waals surface area contributed by atoms with Crippen LogP contribution in [-0.4, -0.2) is 30.4 Å². The zero-order valence-corrected chi connectivity index (χ0v) is 11.2. The molecule has 3 atom stereocenters. The van der Waals surface area contributed by atoms with E-state index in [0.717, 1.165) is 5.92 Å². The topological polar surface area (TPSA) is 65.3 Å². The minimum Gasteiger partial charge on any atom is -0.489 e. The van der Waals surface area contributed by atoms with Crippen LogP contribution in [0.15, 0.2) is 24.3 Å². The largest absolute Gasteiger partial charge is 0.489 e. The Labute approximate surface area is 114 Å². The third-order valence-corrected chi connectivity index (χ3v) is 3.50. The lowest BCUT2D eigenvalue weighted by Gasteiger charge is -2.13. The van der Waals surface area contributed by atoms with Crippen LogP contribution in [-0.2, 0) is 0 Å². The lowest BCUT2D eigenvalue weighted by atomic mass is 10.2. The monoisotopic (exact) mass is 260 g/mol. The first-order chi connectivity index (χ1) is 9.24. The predicted molar refractivity (Wildman–Crippen MR) is 72.8 cm³/mol. The average molecular weight is 260 g/mol. The van der Waals surface area contributed by atoms with Crippen LogP contribution in [0.2, 0.25) is 0 Å². The molecule has 1 aliphatic carbocycles. The number of nitriles is 1. The summed E-state index contributed by atoms with van der Waals surface area (Å²) in [5.41, 5.74) is 0.496. The number of benzene rings is 1.